The molecule has 3 saturated heterocycles. The van der Waals surface area contributed by atoms with E-state index in [1.807, 2.05) is 58.0 Å². The molecule has 0 saturated carbocycles. The van der Waals surface area contributed by atoms with Crippen molar-refractivity contribution >= 4 is 64.1 Å². The number of carboxylic acid groups (broad SMARTS) is 1. The molecule has 6 N–H and O–H groups in total. The Balaban J connectivity index is 0.000000129. The number of nitrogens with two attached hydrogens (primary N) is 1. The van der Waals surface area contributed by atoms with Crippen LogP contribution in [0.5, 0.6) is 0 Å². The molecule has 6 unspecified atom stereocenters. The first-order chi connectivity index (χ1) is 43.3. The summed E-state index contributed by atoms with van der Waals surface area (Å²) in [6, 6.07) is 18.2. The zero-order valence-electron chi connectivity index (χ0n) is 49.7. The van der Waals surface area contributed by atoms with Crippen molar-refractivity contribution in [1.29, 1.82) is 0 Å². The third kappa shape index (κ3) is 12.3. The van der Waals surface area contributed by atoms with Gasteiger partial charge in [-0.2, -0.15) is 9.97 Å². The van der Waals surface area contributed by atoms with E-state index in [0.717, 1.165) is 130 Å². The lowest BCUT2D eigenvalue weighted by Crippen LogP contribution is -2.30. The van der Waals surface area contributed by atoms with Gasteiger partial charge in [-0.15, -0.1) is 15.3 Å². The first-order valence-electron chi connectivity index (χ1n) is 30.1. The fraction of sp³-hybridized carbons (Fsp3) is 0.459. The number of rotatable bonds is 18. The Labute approximate surface area is 524 Å². The SMILES string of the molecule is CCCN1C(=O)CC2Cc3c(/C(N)=N/O)cccc3C21.CCCc1nnsc1-c1nc(-c2cccc3c2CC2CC(=O)N(CCO)C32)no1.CCCc1nnsc1-c1nc(-c2cccc3c2CC2CC(=O)N(CCO)C32)no1.CCCc1nnsc1C(=O)O. The molecule has 89 heavy (non-hydrogen) atoms. The lowest BCUT2D eigenvalue weighted by molar-refractivity contribution is -0.130. The number of nitrogens with zero attached hydrogens (tertiary/aromatic N) is 14. The van der Waals surface area contributed by atoms with E-state index in [-0.39, 0.29) is 71.6 Å². The van der Waals surface area contributed by atoms with E-state index in [9.17, 15) is 29.4 Å². The van der Waals surface area contributed by atoms with Crippen molar-refractivity contribution in [3.63, 3.8) is 0 Å². The molecular weight excluding hydrogens is 1200 g/mol. The number of oxime groups is 1. The molecule has 8 aromatic rings. The van der Waals surface area contributed by atoms with Crippen LogP contribution in [0.25, 0.3) is 44.3 Å². The molecule has 5 aromatic heterocycles. The van der Waals surface area contributed by atoms with Gasteiger partial charge in [-0.1, -0.05) is 130 Å². The minimum atomic E-state index is -0.927. The second kappa shape index (κ2) is 27.6. The highest BCUT2D eigenvalue weighted by atomic mass is 32.1. The maximum atomic E-state index is 12.3. The summed E-state index contributed by atoms with van der Waals surface area (Å²) < 4.78 is 22.7. The Morgan fingerprint density at radius 2 is 0.989 bits per heavy atom. The second-order valence-corrected chi connectivity index (χ2v) is 25.0. The van der Waals surface area contributed by atoms with Crippen LogP contribution in [0.3, 0.4) is 0 Å². The number of likely N-dealkylation sites (tertiary alicyclic amines) is 3. The number of carbonyl (C=O) groups excluding carboxylic acids is 3. The van der Waals surface area contributed by atoms with Gasteiger partial charge in [0.1, 0.15) is 9.75 Å². The number of benzene rings is 3. The first-order valence-corrected chi connectivity index (χ1v) is 32.5. The summed E-state index contributed by atoms with van der Waals surface area (Å²) in [7, 11) is 0. The quantitative estimate of drug-likeness (QED) is 0.0234. The van der Waals surface area contributed by atoms with Gasteiger partial charge in [0.15, 0.2) is 10.7 Å². The molecule has 6 aliphatic rings. The monoisotopic (exact) mass is 1270 g/mol. The van der Waals surface area contributed by atoms with Crippen LogP contribution in [0.1, 0.15) is 156 Å². The standard InChI is InChI=1S/2C20H21N5O3S.C15H19N3O2.C6H8N2O2S/c2*1-2-4-15-18(29-24-22-15)20-21-19(23-28-20)13-6-3-5-12-14(13)9-11-10-16(27)25(7-8-26)17(11)12;1-2-6-18-13(19)8-9-7-12-10(14(9)18)4-3-5-11(12)15(16)17-20;1-2-3-4-5(6(9)10)11-8-7-4/h2*3,5-6,11,17,26H,2,4,7-10H2,1H3;3-5,9,14,20H,2,6-8H2,1H3,(H2,16,17);2-3H2,1H3,(H,9,10). The molecule has 8 heterocycles. The second-order valence-electron chi connectivity index (χ2n) is 22.7. The average Bonchev–Trinajstić information content (AvgIpc) is 1.63. The zero-order chi connectivity index (χ0) is 62.5. The van der Waals surface area contributed by atoms with Crippen molar-refractivity contribution in [2.45, 2.75) is 129 Å². The number of hydrogen-bond donors (Lipinski definition) is 5. The number of hydrogen-bond acceptors (Lipinski definition) is 23. The van der Waals surface area contributed by atoms with Crippen molar-refractivity contribution in [3.8, 4) is 44.3 Å². The number of carboxylic acids is 1. The largest absolute Gasteiger partial charge is 0.477 e. The van der Waals surface area contributed by atoms with E-state index in [2.05, 4.69) is 93.2 Å². The molecule has 466 valence electrons. The van der Waals surface area contributed by atoms with E-state index >= 15 is 0 Å². The van der Waals surface area contributed by atoms with Gasteiger partial charge in [0.25, 0.3) is 11.8 Å². The van der Waals surface area contributed by atoms with Crippen LogP contribution < -0.4 is 5.73 Å². The smallest absolute Gasteiger partial charge is 0.349 e. The minimum absolute atomic E-state index is 0.0258. The minimum Gasteiger partial charge on any atom is -0.477 e. The average molecular weight is 1270 g/mol. The van der Waals surface area contributed by atoms with E-state index in [1.54, 1.807) is 0 Å². The Morgan fingerprint density at radius 3 is 1.43 bits per heavy atom. The van der Waals surface area contributed by atoms with Crippen molar-refractivity contribution in [1.82, 2.24) is 63.7 Å². The highest BCUT2D eigenvalue weighted by Gasteiger charge is 2.49. The summed E-state index contributed by atoms with van der Waals surface area (Å²) in [4.78, 5) is 64.1. The van der Waals surface area contributed by atoms with Crippen LogP contribution in [0.2, 0.25) is 0 Å². The van der Waals surface area contributed by atoms with Gasteiger partial charge in [0.05, 0.1) is 48.4 Å². The predicted molar refractivity (Wildman–Crippen MR) is 328 cm³/mol. The maximum absolute atomic E-state index is 12.3. The van der Waals surface area contributed by atoms with Gasteiger partial charge in [-0.3, -0.25) is 14.4 Å². The molecular formula is C61H69N15O10S3. The normalized spacial score (nSPS) is 20.1. The maximum Gasteiger partial charge on any atom is 0.349 e. The number of aromatic carboxylic acids is 1. The third-order valence-electron chi connectivity index (χ3n) is 17.2. The van der Waals surface area contributed by atoms with Crippen LogP contribution >= 0.6 is 34.6 Å². The van der Waals surface area contributed by atoms with Gasteiger partial charge in [0, 0.05) is 55.6 Å². The Hall–Kier alpha value is -8.31. The first kappa shape index (κ1) is 62.3. The predicted octanol–water partition coefficient (Wildman–Crippen LogP) is 8.12. The molecule has 3 aliphatic heterocycles. The Morgan fingerprint density at radius 1 is 0.573 bits per heavy atom. The van der Waals surface area contributed by atoms with Gasteiger partial charge >= 0.3 is 5.97 Å². The number of aliphatic hydroxyl groups excluding tert-OH is 2. The highest BCUT2D eigenvalue weighted by Crippen LogP contribution is 2.52. The lowest BCUT2D eigenvalue weighted by Gasteiger charge is -2.24. The lowest BCUT2D eigenvalue weighted by atomic mass is 10.0. The highest BCUT2D eigenvalue weighted by molar-refractivity contribution is 7.09. The van der Waals surface area contributed by atoms with Crippen LogP contribution in [-0.4, -0.2) is 147 Å². The molecule has 14 rings (SSSR count). The molecule has 3 amide bonds. The molecule has 25 nitrogen and oxygen atoms in total. The van der Waals surface area contributed by atoms with Gasteiger partial charge in [-0.25, -0.2) is 4.79 Å². The van der Waals surface area contributed by atoms with Crippen LogP contribution in [-0.2, 0) is 52.9 Å². The van der Waals surface area contributed by atoms with Crippen molar-refractivity contribution in [2.24, 2.45) is 28.6 Å². The fourth-order valence-electron chi connectivity index (χ4n) is 13.6. The summed E-state index contributed by atoms with van der Waals surface area (Å²) in [6.45, 7) is 9.74. The van der Waals surface area contributed by atoms with Gasteiger partial charge in [0.2, 0.25) is 29.4 Å². The van der Waals surface area contributed by atoms with Crippen LogP contribution in [0, 0.1) is 17.8 Å². The summed E-state index contributed by atoms with van der Waals surface area (Å²) in [6.07, 6.45) is 10.2. The number of carbonyl (C=O) groups is 4. The molecule has 6 atom stereocenters. The summed E-state index contributed by atoms with van der Waals surface area (Å²) in [5, 5.41) is 59.9. The molecule has 3 aliphatic carbocycles. The summed E-state index contributed by atoms with van der Waals surface area (Å²) >= 11 is 3.48. The number of aliphatic hydroxyl groups is 2. The summed E-state index contributed by atoms with van der Waals surface area (Å²) in [5.74, 6) is 2.51. The number of amides is 3. The Bertz CT molecular complexity index is 3730. The van der Waals surface area contributed by atoms with Gasteiger partial charge < -0.3 is 50.0 Å². The van der Waals surface area contributed by atoms with Gasteiger partial charge in [-0.05, 0) is 131 Å². The number of amidine groups is 1. The molecule has 0 bridgehead atoms. The summed E-state index contributed by atoms with van der Waals surface area (Å²) in [5.41, 5.74) is 17.7. The molecule has 3 fully saturated rings. The third-order valence-corrected chi connectivity index (χ3v) is 19.5. The van der Waals surface area contributed by atoms with Crippen LogP contribution in [0.4, 0.5) is 0 Å². The molecule has 28 heteroatoms. The molecule has 0 spiro atoms. The van der Waals surface area contributed by atoms with Crippen molar-refractivity contribution in [3.05, 3.63) is 116 Å². The number of aromatic nitrogens is 10. The number of β-amino-alcohol motifs (C(OH)–C–C–N with tert-alkyl or cyclic N) is 2. The molecule has 0 radical (unpaired) electrons. The van der Waals surface area contributed by atoms with E-state index in [4.69, 9.17) is 25.1 Å². The Kier molecular flexibility index (Phi) is 19.3. The fourth-order valence-corrected chi connectivity index (χ4v) is 15.5. The van der Waals surface area contributed by atoms with E-state index < -0.39 is 5.97 Å². The van der Waals surface area contributed by atoms with Crippen molar-refractivity contribution in [2.75, 3.05) is 32.8 Å². The number of fused-ring (bicyclic) bond motifs is 9. The van der Waals surface area contributed by atoms with E-state index in [0.29, 0.717) is 73.8 Å². The zero-order valence-corrected chi connectivity index (χ0v) is 52.1. The topological polar surface area (TPSA) is 352 Å². The number of aryl methyl sites for hydroxylation is 3. The van der Waals surface area contributed by atoms with Crippen LogP contribution in [0.15, 0.2) is 68.8 Å². The van der Waals surface area contributed by atoms with E-state index in [1.165, 1.54) is 39.8 Å². The van der Waals surface area contributed by atoms with Crippen molar-refractivity contribution < 1.29 is 48.8 Å². The molecule has 3 aromatic carbocycles.